The number of hydrogen-bond acceptors (Lipinski definition) is 0. The lowest BCUT2D eigenvalue weighted by Crippen LogP contribution is -3.00. The average molecular weight is 166 g/mol. The molecule has 0 radical (unpaired) electrons. The van der Waals surface area contributed by atoms with Gasteiger partial charge in [-0.05, 0) is 24.7 Å². The topological polar surface area (TPSA) is 27.6 Å². The minimum atomic E-state index is 0. The summed E-state index contributed by atoms with van der Waals surface area (Å²) < 4.78 is 0. The number of rotatable bonds is 3. The third-order valence-electron chi connectivity index (χ3n) is 1.43. The van der Waals surface area contributed by atoms with E-state index in [0.717, 1.165) is 6.54 Å². The fourth-order valence-corrected chi connectivity index (χ4v) is 0.832. The standard InChI is InChI=1S/C8H19N.ClH/c1-8(2,3)6-4-5-7-9;/h4-7,9H2,1-3H3;1H. The Balaban J connectivity index is 0. The van der Waals surface area contributed by atoms with E-state index in [1.807, 2.05) is 0 Å². The Labute approximate surface area is 70.8 Å². The van der Waals surface area contributed by atoms with E-state index in [2.05, 4.69) is 26.5 Å². The Kier molecular flexibility index (Phi) is 7.72. The van der Waals surface area contributed by atoms with Gasteiger partial charge in [0.25, 0.3) is 0 Å². The van der Waals surface area contributed by atoms with Gasteiger partial charge in [0.1, 0.15) is 0 Å². The first-order valence-corrected chi connectivity index (χ1v) is 3.85. The molecule has 64 valence electrons. The molecule has 0 bridgehead atoms. The van der Waals surface area contributed by atoms with E-state index in [4.69, 9.17) is 0 Å². The summed E-state index contributed by atoms with van der Waals surface area (Å²) in [6.45, 7) is 7.96. The lowest BCUT2D eigenvalue weighted by atomic mass is 9.90. The lowest BCUT2D eigenvalue weighted by Gasteiger charge is -2.16. The number of hydrogen-bond donors (Lipinski definition) is 1. The molecule has 0 unspecified atom stereocenters. The van der Waals surface area contributed by atoms with E-state index in [1.54, 1.807) is 0 Å². The summed E-state index contributed by atoms with van der Waals surface area (Å²) >= 11 is 0. The Hall–Kier alpha value is 0.250. The van der Waals surface area contributed by atoms with Crippen LogP contribution in [0.15, 0.2) is 0 Å². The van der Waals surface area contributed by atoms with Crippen LogP contribution in [0.1, 0.15) is 40.0 Å². The molecule has 0 amide bonds. The van der Waals surface area contributed by atoms with Gasteiger partial charge in [-0.3, -0.25) is 0 Å². The zero-order chi connectivity index (χ0) is 7.33. The molecule has 0 aromatic carbocycles. The largest absolute Gasteiger partial charge is 1.00 e. The van der Waals surface area contributed by atoms with Crippen LogP contribution in [0, 0.1) is 5.41 Å². The van der Waals surface area contributed by atoms with Crippen molar-refractivity contribution in [1.82, 2.24) is 0 Å². The molecule has 0 aromatic heterocycles. The van der Waals surface area contributed by atoms with Crippen LogP contribution >= 0.6 is 0 Å². The second-order valence-corrected chi connectivity index (χ2v) is 3.87. The third-order valence-corrected chi connectivity index (χ3v) is 1.43. The van der Waals surface area contributed by atoms with Crippen LogP contribution in [0.25, 0.3) is 0 Å². The van der Waals surface area contributed by atoms with Crippen molar-refractivity contribution in [1.29, 1.82) is 0 Å². The minimum absolute atomic E-state index is 0. The van der Waals surface area contributed by atoms with Gasteiger partial charge in [0.2, 0.25) is 0 Å². The molecule has 0 aliphatic carbocycles. The molecule has 0 aliphatic rings. The maximum Gasteiger partial charge on any atom is 0.0739 e. The maximum atomic E-state index is 3.81. The Morgan fingerprint density at radius 1 is 1.10 bits per heavy atom. The van der Waals surface area contributed by atoms with Gasteiger partial charge < -0.3 is 18.1 Å². The summed E-state index contributed by atoms with van der Waals surface area (Å²) in [7, 11) is 0. The van der Waals surface area contributed by atoms with Gasteiger partial charge in [-0.2, -0.15) is 0 Å². The Morgan fingerprint density at radius 3 is 1.90 bits per heavy atom. The number of halogens is 1. The Bertz CT molecular complexity index is 66.1. The molecule has 0 saturated carbocycles. The summed E-state index contributed by atoms with van der Waals surface area (Å²) in [5, 5.41) is 0. The van der Waals surface area contributed by atoms with Gasteiger partial charge in [-0.15, -0.1) is 0 Å². The van der Waals surface area contributed by atoms with Crippen LogP contribution in [0.3, 0.4) is 0 Å². The summed E-state index contributed by atoms with van der Waals surface area (Å²) in [5.74, 6) is 0. The van der Waals surface area contributed by atoms with Crippen molar-refractivity contribution in [3.63, 3.8) is 0 Å². The van der Waals surface area contributed by atoms with Crippen LogP contribution in [0.2, 0.25) is 0 Å². The van der Waals surface area contributed by atoms with Crippen molar-refractivity contribution >= 4 is 0 Å². The van der Waals surface area contributed by atoms with E-state index < -0.39 is 0 Å². The molecular formula is C8H20ClN. The number of quaternary nitrogens is 1. The first-order valence-electron chi connectivity index (χ1n) is 3.85. The van der Waals surface area contributed by atoms with Crippen molar-refractivity contribution in [3.05, 3.63) is 0 Å². The maximum absolute atomic E-state index is 3.81. The number of unbranched alkanes of at least 4 members (excludes halogenated alkanes) is 1. The highest BCUT2D eigenvalue weighted by Crippen LogP contribution is 2.20. The highest BCUT2D eigenvalue weighted by atomic mass is 35.5. The van der Waals surface area contributed by atoms with Crippen molar-refractivity contribution in [2.45, 2.75) is 40.0 Å². The third kappa shape index (κ3) is 11.1. The molecule has 1 nitrogen and oxygen atoms in total. The monoisotopic (exact) mass is 165 g/mol. The fourth-order valence-electron chi connectivity index (χ4n) is 0.832. The van der Waals surface area contributed by atoms with E-state index in [9.17, 15) is 0 Å². The summed E-state index contributed by atoms with van der Waals surface area (Å²) in [4.78, 5) is 0. The average Bonchev–Trinajstić information content (AvgIpc) is 1.63. The molecule has 0 atom stereocenters. The van der Waals surface area contributed by atoms with Crippen LogP contribution < -0.4 is 18.1 Å². The SMILES string of the molecule is CC(C)(C)CCCC[NH3+].[Cl-]. The van der Waals surface area contributed by atoms with E-state index in [-0.39, 0.29) is 12.4 Å². The van der Waals surface area contributed by atoms with Crippen molar-refractivity contribution in [2.24, 2.45) is 5.41 Å². The highest BCUT2D eigenvalue weighted by Gasteiger charge is 2.08. The molecule has 0 aliphatic heterocycles. The van der Waals surface area contributed by atoms with E-state index in [1.165, 1.54) is 19.3 Å². The van der Waals surface area contributed by atoms with Gasteiger partial charge in [-0.25, -0.2) is 0 Å². The first-order chi connectivity index (χ1) is 4.06. The summed E-state index contributed by atoms with van der Waals surface area (Å²) in [5.41, 5.74) is 4.33. The van der Waals surface area contributed by atoms with Gasteiger partial charge >= 0.3 is 0 Å². The molecule has 10 heavy (non-hydrogen) atoms. The van der Waals surface area contributed by atoms with Crippen molar-refractivity contribution in [2.75, 3.05) is 6.54 Å². The quantitative estimate of drug-likeness (QED) is 0.491. The smallest absolute Gasteiger partial charge is 0.0739 e. The van der Waals surface area contributed by atoms with Crippen molar-refractivity contribution < 1.29 is 18.1 Å². The zero-order valence-electron chi connectivity index (χ0n) is 7.41. The predicted octanol–water partition coefficient (Wildman–Crippen LogP) is -1.55. The summed E-state index contributed by atoms with van der Waals surface area (Å²) in [6, 6.07) is 0. The molecule has 0 fully saturated rings. The predicted molar refractivity (Wildman–Crippen MR) is 41.1 cm³/mol. The van der Waals surface area contributed by atoms with Gasteiger partial charge in [0.05, 0.1) is 6.54 Å². The first kappa shape index (κ1) is 12.9. The molecule has 0 aromatic rings. The van der Waals surface area contributed by atoms with Crippen LogP contribution in [0.5, 0.6) is 0 Å². The molecule has 0 saturated heterocycles. The van der Waals surface area contributed by atoms with Gasteiger partial charge in [-0.1, -0.05) is 20.8 Å². The molecule has 2 heteroatoms. The second-order valence-electron chi connectivity index (χ2n) is 3.87. The molecule has 3 N–H and O–H groups in total. The zero-order valence-corrected chi connectivity index (χ0v) is 8.17. The molecule has 0 rings (SSSR count). The van der Waals surface area contributed by atoms with Gasteiger partial charge in [0.15, 0.2) is 0 Å². The van der Waals surface area contributed by atoms with Crippen LogP contribution in [-0.4, -0.2) is 6.54 Å². The van der Waals surface area contributed by atoms with Crippen LogP contribution in [0.4, 0.5) is 0 Å². The lowest BCUT2D eigenvalue weighted by molar-refractivity contribution is -0.368. The highest BCUT2D eigenvalue weighted by molar-refractivity contribution is 4.60. The molecular weight excluding hydrogens is 146 g/mol. The normalized spacial score (nSPS) is 10.8. The molecule has 0 spiro atoms. The van der Waals surface area contributed by atoms with E-state index in [0.29, 0.717) is 5.41 Å². The van der Waals surface area contributed by atoms with E-state index >= 15 is 0 Å². The fraction of sp³-hybridized carbons (Fsp3) is 1.00. The minimum Gasteiger partial charge on any atom is -1.00 e. The van der Waals surface area contributed by atoms with Gasteiger partial charge in [0, 0.05) is 0 Å². The summed E-state index contributed by atoms with van der Waals surface area (Å²) in [6.07, 6.45) is 3.97. The Morgan fingerprint density at radius 2 is 1.60 bits per heavy atom. The van der Waals surface area contributed by atoms with Crippen molar-refractivity contribution in [3.8, 4) is 0 Å². The van der Waals surface area contributed by atoms with Crippen LogP contribution in [-0.2, 0) is 0 Å². The second kappa shape index (κ2) is 5.99. The molecule has 0 heterocycles.